The molecule has 28 heavy (non-hydrogen) atoms. The summed E-state index contributed by atoms with van der Waals surface area (Å²) >= 11 is 8.32. The van der Waals surface area contributed by atoms with Gasteiger partial charge in [0.2, 0.25) is 10.9 Å². The molecule has 3 rings (SSSR count). The molecule has 0 saturated heterocycles. The number of carbonyl (C=O) groups is 2. The van der Waals surface area contributed by atoms with Crippen molar-refractivity contribution in [1.82, 2.24) is 15.5 Å². The van der Waals surface area contributed by atoms with Crippen molar-refractivity contribution in [2.45, 2.75) is 17.8 Å². The molecule has 0 saturated carbocycles. The minimum absolute atomic E-state index is 0.133. The number of nitrogens with zero attached hydrogens (tertiary/aromatic N) is 2. The van der Waals surface area contributed by atoms with E-state index in [2.05, 4.69) is 20.8 Å². The molecule has 2 amide bonds. The van der Waals surface area contributed by atoms with Crippen molar-refractivity contribution >= 4 is 52.2 Å². The van der Waals surface area contributed by atoms with Crippen molar-refractivity contribution in [3.63, 3.8) is 0 Å². The van der Waals surface area contributed by atoms with Crippen LogP contribution in [0.4, 0.5) is 5.69 Å². The van der Waals surface area contributed by atoms with Crippen LogP contribution in [0.2, 0.25) is 5.02 Å². The van der Waals surface area contributed by atoms with Gasteiger partial charge in [0.05, 0.1) is 5.75 Å². The summed E-state index contributed by atoms with van der Waals surface area (Å²) in [5.74, 6) is -0.265. The number of rotatable bonds is 7. The van der Waals surface area contributed by atoms with E-state index in [1.54, 1.807) is 12.1 Å². The van der Waals surface area contributed by atoms with Gasteiger partial charge in [-0.2, -0.15) is 0 Å². The number of thioether (sulfide) groups is 1. The SMILES string of the molecule is Cc1ccc(NC(=O)c2nnc(SCC(=O)NCc3cccc(Cl)c3)s2)cc1. The smallest absolute Gasteiger partial charge is 0.286 e. The third-order valence-electron chi connectivity index (χ3n) is 3.62. The predicted molar refractivity (Wildman–Crippen MR) is 113 cm³/mol. The van der Waals surface area contributed by atoms with Gasteiger partial charge in [0, 0.05) is 17.3 Å². The Morgan fingerprint density at radius 3 is 2.68 bits per heavy atom. The molecule has 1 heterocycles. The Hall–Kier alpha value is -2.42. The fraction of sp³-hybridized carbons (Fsp3) is 0.158. The lowest BCUT2D eigenvalue weighted by Crippen LogP contribution is -2.24. The Morgan fingerprint density at radius 2 is 1.93 bits per heavy atom. The molecule has 6 nitrogen and oxygen atoms in total. The van der Waals surface area contributed by atoms with E-state index < -0.39 is 0 Å². The van der Waals surface area contributed by atoms with Crippen LogP contribution in [0.5, 0.6) is 0 Å². The van der Waals surface area contributed by atoms with Crippen LogP contribution in [-0.4, -0.2) is 27.8 Å². The lowest BCUT2D eigenvalue weighted by atomic mass is 10.2. The molecular formula is C19H17ClN4O2S2. The van der Waals surface area contributed by atoms with Crippen LogP contribution in [0.3, 0.4) is 0 Å². The maximum Gasteiger partial charge on any atom is 0.286 e. The van der Waals surface area contributed by atoms with Crippen molar-refractivity contribution in [3.8, 4) is 0 Å². The first-order valence-corrected chi connectivity index (χ1v) is 10.5. The van der Waals surface area contributed by atoms with E-state index in [9.17, 15) is 9.59 Å². The number of hydrogen-bond acceptors (Lipinski definition) is 6. The average molecular weight is 433 g/mol. The predicted octanol–water partition coefficient (Wildman–Crippen LogP) is 4.16. The number of carbonyl (C=O) groups excluding carboxylic acids is 2. The highest BCUT2D eigenvalue weighted by Gasteiger charge is 2.14. The van der Waals surface area contributed by atoms with Crippen LogP contribution >= 0.6 is 34.7 Å². The molecule has 2 aromatic carbocycles. The molecule has 0 spiro atoms. The van der Waals surface area contributed by atoms with Crippen molar-refractivity contribution in [2.24, 2.45) is 0 Å². The van der Waals surface area contributed by atoms with Crippen LogP contribution in [0.25, 0.3) is 0 Å². The van der Waals surface area contributed by atoms with E-state index in [-0.39, 0.29) is 22.6 Å². The van der Waals surface area contributed by atoms with Gasteiger partial charge in [-0.1, -0.05) is 64.5 Å². The Kier molecular flexibility index (Phi) is 7.02. The maximum absolute atomic E-state index is 12.2. The van der Waals surface area contributed by atoms with Crippen molar-refractivity contribution in [1.29, 1.82) is 0 Å². The number of aromatic nitrogens is 2. The van der Waals surface area contributed by atoms with Gasteiger partial charge in [-0.3, -0.25) is 9.59 Å². The Morgan fingerprint density at radius 1 is 1.14 bits per heavy atom. The van der Waals surface area contributed by atoms with E-state index in [4.69, 9.17) is 11.6 Å². The molecule has 144 valence electrons. The molecule has 0 fully saturated rings. The summed E-state index contributed by atoms with van der Waals surface area (Å²) in [4.78, 5) is 24.2. The highest BCUT2D eigenvalue weighted by molar-refractivity contribution is 8.01. The van der Waals surface area contributed by atoms with Gasteiger partial charge in [0.1, 0.15) is 0 Å². The van der Waals surface area contributed by atoms with Gasteiger partial charge < -0.3 is 10.6 Å². The van der Waals surface area contributed by atoms with E-state index in [0.29, 0.717) is 21.6 Å². The summed E-state index contributed by atoms with van der Waals surface area (Å²) in [5.41, 5.74) is 2.73. The second-order valence-electron chi connectivity index (χ2n) is 5.89. The normalized spacial score (nSPS) is 10.5. The van der Waals surface area contributed by atoms with E-state index >= 15 is 0 Å². The Labute approximate surface area is 175 Å². The first-order valence-electron chi connectivity index (χ1n) is 8.35. The molecular weight excluding hydrogens is 416 g/mol. The highest BCUT2D eigenvalue weighted by Crippen LogP contribution is 2.23. The minimum Gasteiger partial charge on any atom is -0.351 e. The van der Waals surface area contributed by atoms with Crippen LogP contribution in [-0.2, 0) is 11.3 Å². The molecule has 0 atom stereocenters. The molecule has 0 aliphatic carbocycles. The lowest BCUT2D eigenvalue weighted by Gasteiger charge is -2.04. The van der Waals surface area contributed by atoms with Gasteiger partial charge in [-0.25, -0.2) is 0 Å². The third-order valence-corrected chi connectivity index (χ3v) is 5.91. The van der Waals surface area contributed by atoms with Gasteiger partial charge in [0.25, 0.3) is 5.91 Å². The number of aryl methyl sites for hydroxylation is 1. The summed E-state index contributed by atoms with van der Waals surface area (Å²) in [7, 11) is 0. The zero-order valence-electron chi connectivity index (χ0n) is 14.9. The standard InChI is InChI=1S/C19H17ClN4O2S2/c1-12-5-7-15(8-6-12)22-17(26)18-23-24-19(28-18)27-11-16(25)21-10-13-3-2-4-14(20)9-13/h2-9H,10-11H2,1H3,(H,21,25)(H,22,26). The quantitative estimate of drug-likeness (QED) is 0.547. The molecule has 0 bridgehead atoms. The minimum atomic E-state index is -0.321. The number of nitrogens with one attached hydrogen (secondary N) is 2. The zero-order valence-corrected chi connectivity index (χ0v) is 17.3. The fourth-order valence-electron chi connectivity index (χ4n) is 2.21. The monoisotopic (exact) mass is 432 g/mol. The summed E-state index contributed by atoms with van der Waals surface area (Å²) in [6, 6.07) is 14.8. The summed E-state index contributed by atoms with van der Waals surface area (Å²) in [6.07, 6.45) is 0. The highest BCUT2D eigenvalue weighted by atomic mass is 35.5. The molecule has 3 aromatic rings. The Bertz CT molecular complexity index is 976. The van der Waals surface area contributed by atoms with Gasteiger partial charge >= 0.3 is 0 Å². The largest absolute Gasteiger partial charge is 0.351 e. The van der Waals surface area contributed by atoms with Crippen LogP contribution in [0.1, 0.15) is 20.9 Å². The first-order chi connectivity index (χ1) is 13.5. The van der Waals surface area contributed by atoms with Crippen molar-refractivity contribution in [2.75, 3.05) is 11.1 Å². The number of anilines is 1. The lowest BCUT2D eigenvalue weighted by molar-refractivity contribution is -0.118. The van der Waals surface area contributed by atoms with Gasteiger partial charge in [-0.15, -0.1) is 10.2 Å². The van der Waals surface area contributed by atoms with Crippen LogP contribution in [0.15, 0.2) is 52.9 Å². The summed E-state index contributed by atoms with van der Waals surface area (Å²) in [6.45, 7) is 2.38. The van der Waals surface area contributed by atoms with E-state index in [0.717, 1.165) is 22.5 Å². The first kappa shape index (κ1) is 20.3. The average Bonchev–Trinajstić information content (AvgIpc) is 3.16. The number of hydrogen-bond donors (Lipinski definition) is 2. The molecule has 9 heteroatoms. The zero-order chi connectivity index (χ0) is 19.9. The molecule has 2 N–H and O–H groups in total. The second kappa shape index (κ2) is 9.68. The molecule has 1 aromatic heterocycles. The number of amides is 2. The topological polar surface area (TPSA) is 84.0 Å². The van der Waals surface area contributed by atoms with E-state index in [1.807, 2.05) is 43.3 Å². The summed E-state index contributed by atoms with van der Waals surface area (Å²) in [5, 5.41) is 14.3. The molecule has 0 aliphatic rings. The van der Waals surface area contributed by atoms with Gasteiger partial charge in [-0.05, 0) is 36.8 Å². The molecule has 0 radical (unpaired) electrons. The maximum atomic E-state index is 12.2. The van der Waals surface area contributed by atoms with E-state index in [1.165, 1.54) is 11.8 Å². The Balaban J connectivity index is 1.46. The number of halogens is 1. The summed E-state index contributed by atoms with van der Waals surface area (Å²) < 4.78 is 0.562. The van der Waals surface area contributed by atoms with Gasteiger partial charge in [0.15, 0.2) is 4.34 Å². The number of benzene rings is 2. The van der Waals surface area contributed by atoms with Crippen molar-refractivity contribution in [3.05, 3.63) is 69.7 Å². The molecule has 0 unspecified atom stereocenters. The van der Waals surface area contributed by atoms with Crippen molar-refractivity contribution < 1.29 is 9.59 Å². The fourth-order valence-corrected chi connectivity index (χ4v) is 4.00. The van der Waals surface area contributed by atoms with Crippen LogP contribution < -0.4 is 10.6 Å². The second-order valence-corrected chi connectivity index (χ2v) is 8.53. The van der Waals surface area contributed by atoms with Crippen LogP contribution in [0, 0.1) is 6.92 Å². The third kappa shape index (κ3) is 6.05. The molecule has 0 aliphatic heterocycles.